The summed E-state index contributed by atoms with van der Waals surface area (Å²) in [5.41, 5.74) is 1.61. The van der Waals surface area contributed by atoms with Gasteiger partial charge < -0.3 is 4.74 Å². The molecule has 0 saturated heterocycles. The van der Waals surface area contributed by atoms with Gasteiger partial charge in [0.05, 0.1) is 17.5 Å². The third kappa shape index (κ3) is 3.63. The second-order valence-corrected chi connectivity index (χ2v) is 7.87. The highest BCUT2D eigenvalue weighted by Crippen LogP contribution is 2.33. The minimum atomic E-state index is -0.606. The van der Waals surface area contributed by atoms with Crippen LogP contribution in [0.1, 0.15) is 37.8 Å². The number of benzene rings is 1. The molecule has 132 valence electrons. The van der Waals surface area contributed by atoms with Gasteiger partial charge in [-0.15, -0.1) is 0 Å². The van der Waals surface area contributed by atoms with Crippen molar-refractivity contribution in [3.05, 3.63) is 64.5 Å². The summed E-state index contributed by atoms with van der Waals surface area (Å²) in [7, 11) is 0. The molecule has 3 aromatic rings. The Morgan fingerprint density at radius 3 is 2.69 bits per heavy atom. The van der Waals surface area contributed by atoms with Crippen LogP contribution in [0.2, 0.25) is 0 Å². The number of rotatable bonds is 2. The molecule has 26 heavy (non-hydrogen) atoms. The summed E-state index contributed by atoms with van der Waals surface area (Å²) in [5.74, 6) is -0.548. The van der Waals surface area contributed by atoms with Crippen molar-refractivity contribution in [1.29, 1.82) is 5.26 Å². The lowest BCUT2D eigenvalue weighted by atomic mass is 9.93. The first-order chi connectivity index (χ1) is 12.3. The number of halogens is 1. The van der Waals surface area contributed by atoms with Gasteiger partial charge in [0.25, 0.3) is 0 Å². The molecule has 0 aliphatic carbocycles. The number of nitriles is 1. The predicted octanol–water partition coefficient (Wildman–Crippen LogP) is 5.24. The third-order valence-corrected chi connectivity index (χ3v) is 4.27. The van der Waals surface area contributed by atoms with Crippen molar-refractivity contribution in [3.8, 4) is 6.07 Å². The number of hydrogen-bond acceptors (Lipinski definition) is 4. The number of carbonyl (C=O) groups is 1. The number of para-hydroxylation sites is 1. The second-order valence-electron chi connectivity index (χ2n) is 6.95. The number of nitrogens with zero attached hydrogens (tertiary/aromatic N) is 3. The van der Waals surface area contributed by atoms with Gasteiger partial charge in [-0.2, -0.15) is 5.26 Å². The van der Waals surface area contributed by atoms with E-state index in [0.29, 0.717) is 5.52 Å². The van der Waals surface area contributed by atoms with Crippen molar-refractivity contribution >= 4 is 32.9 Å². The molecule has 3 rings (SSSR count). The number of ether oxygens (including phenoxy) is 1. The lowest BCUT2D eigenvalue weighted by Gasteiger charge is -2.19. The van der Waals surface area contributed by atoms with Gasteiger partial charge >= 0.3 is 6.09 Å². The summed E-state index contributed by atoms with van der Waals surface area (Å²) in [4.78, 5) is 16.8. The fourth-order valence-corrected chi connectivity index (χ4v) is 3.19. The molecule has 0 aliphatic rings. The Hall–Kier alpha value is -2.65. The first-order valence-electron chi connectivity index (χ1n) is 8.13. The molecule has 1 unspecified atom stereocenters. The highest BCUT2D eigenvalue weighted by Gasteiger charge is 2.24. The molecule has 2 aromatic heterocycles. The molecule has 6 heteroatoms. The van der Waals surface area contributed by atoms with E-state index in [1.807, 2.05) is 51.1 Å². The van der Waals surface area contributed by atoms with Crippen LogP contribution < -0.4 is 0 Å². The van der Waals surface area contributed by atoms with Gasteiger partial charge in [0.2, 0.25) is 0 Å². The Balaban J connectivity index is 2.15. The molecule has 0 spiro atoms. The molecule has 0 amide bonds. The maximum atomic E-state index is 12.6. The first-order valence-corrected chi connectivity index (χ1v) is 8.93. The Bertz CT molecular complexity index is 1010. The molecule has 0 fully saturated rings. The van der Waals surface area contributed by atoms with Gasteiger partial charge in [-0.1, -0.05) is 18.2 Å². The van der Waals surface area contributed by atoms with Crippen LogP contribution in [0.5, 0.6) is 0 Å². The van der Waals surface area contributed by atoms with E-state index in [4.69, 9.17) is 4.74 Å². The summed E-state index contributed by atoms with van der Waals surface area (Å²) in [6.07, 6.45) is 4.55. The van der Waals surface area contributed by atoms with Crippen LogP contribution >= 0.6 is 15.9 Å². The number of hydrogen-bond donors (Lipinski definition) is 0. The molecule has 2 heterocycles. The Morgan fingerprint density at radius 1 is 1.31 bits per heavy atom. The monoisotopic (exact) mass is 411 g/mol. The van der Waals surface area contributed by atoms with Crippen molar-refractivity contribution < 1.29 is 9.53 Å². The molecule has 5 nitrogen and oxygen atoms in total. The highest BCUT2D eigenvalue weighted by atomic mass is 79.9. The smallest absolute Gasteiger partial charge is 0.419 e. The number of aromatic nitrogens is 2. The quantitative estimate of drug-likeness (QED) is 0.578. The fraction of sp³-hybridized carbons (Fsp3) is 0.250. The maximum absolute atomic E-state index is 12.6. The standard InChI is InChI=1S/C20H18BrN3O2/c1-20(2,3)26-19(25)24-12-17(15-6-4-5-7-18(15)24)16(9-22)13-8-14(21)11-23-10-13/h4-8,10-12,16H,1-3H3. The average molecular weight is 412 g/mol. The van der Waals surface area contributed by atoms with Crippen molar-refractivity contribution in [1.82, 2.24) is 9.55 Å². The van der Waals surface area contributed by atoms with Gasteiger partial charge in [0.15, 0.2) is 0 Å². The molecule has 0 aliphatic heterocycles. The predicted molar refractivity (Wildman–Crippen MR) is 103 cm³/mol. The fourth-order valence-electron chi connectivity index (χ4n) is 2.81. The van der Waals surface area contributed by atoms with E-state index < -0.39 is 17.6 Å². The van der Waals surface area contributed by atoms with Crippen LogP contribution in [-0.4, -0.2) is 21.2 Å². The Labute approximate surface area is 160 Å². The highest BCUT2D eigenvalue weighted by molar-refractivity contribution is 9.10. The van der Waals surface area contributed by atoms with Crippen molar-refractivity contribution in [2.24, 2.45) is 0 Å². The second kappa shape index (κ2) is 6.93. The van der Waals surface area contributed by atoms with Crippen LogP contribution in [0, 0.1) is 11.3 Å². The van der Waals surface area contributed by atoms with Gasteiger partial charge in [0, 0.05) is 28.4 Å². The minimum absolute atomic E-state index is 0.469. The SMILES string of the molecule is CC(C)(C)OC(=O)n1cc(C(C#N)c2cncc(Br)c2)c2ccccc21. The molecule has 0 bridgehead atoms. The van der Waals surface area contributed by atoms with Crippen LogP contribution in [0.3, 0.4) is 0 Å². The largest absolute Gasteiger partial charge is 0.443 e. The van der Waals surface area contributed by atoms with Gasteiger partial charge in [-0.05, 0) is 60.0 Å². The maximum Gasteiger partial charge on any atom is 0.419 e. The summed E-state index contributed by atoms with van der Waals surface area (Å²) in [5, 5.41) is 10.6. The number of carbonyl (C=O) groups excluding carboxylic acids is 1. The summed E-state index contributed by atoms with van der Waals surface area (Å²) in [6, 6.07) is 11.7. The van der Waals surface area contributed by atoms with Gasteiger partial charge in [-0.25, -0.2) is 4.79 Å². The van der Waals surface area contributed by atoms with E-state index in [0.717, 1.165) is 21.0 Å². The van der Waals surface area contributed by atoms with Crippen LogP contribution in [0.25, 0.3) is 10.9 Å². The van der Waals surface area contributed by atoms with Crippen LogP contribution in [0.4, 0.5) is 4.79 Å². The van der Waals surface area contributed by atoms with Crippen molar-refractivity contribution in [3.63, 3.8) is 0 Å². The average Bonchev–Trinajstić information content (AvgIpc) is 2.94. The zero-order valence-electron chi connectivity index (χ0n) is 14.7. The number of pyridine rings is 1. The normalized spacial score (nSPS) is 12.6. The van der Waals surface area contributed by atoms with E-state index >= 15 is 0 Å². The molecule has 0 radical (unpaired) electrons. The molecular weight excluding hydrogens is 394 g/mol. The summed E-state index contributed by atoms with van der Waals surface area (Å²) >= 11 is 3.39. The number of fused-ring (bicyclic) bond motifs is 1. The Kier molecular flexibility index (Phi) is 4.84. The zero-order chi connectivity index (χ0) is 18.9. The third-order valence-electron chi connectivity index (χ3n) is 3.83. The van der Waals surface area contributed by atoms with E-state index in [-0.39, 0.29) is 0 Å². The van der Waals surface area contributed by atoms with E-state index in [9.17, 15) is 10.1 Å². The van der Waals surface area contributed by atoms with E-state index in [1.54, 1.807) is 18.6 Å². The van der Waals surface area contributed by atoms with E-state index in [2.05, 4.69) is 27.0 Å². The topological polar surface area (TPSA) is 67.9 Å². The summed E-state index contributed by atoms with van der Waals surface area (Å²) in [6.45, 7) is 5.47. The molecule has 0 saturated carbocycles. The summed E-state index contributed by atoms with van der Waals surface area (Å²) < 4.78 is 7.77. The van der Waals surface area contributed by atoms with Crippen LogP contribution in [0.15, 0.2) is 53.4 Å². The molecule has 1 aromatic carbocycles. The van der Waals surface area contributed by atoms with Crippen LogP contribution in [-0.2, 0) is 4.74 Å². The lowest BCUT2D eigenvalue weighted by molar-refractivity contribution is 0.0544. The lowest BCUT2D eigenvalue weighted by Crippen LogP contribution is -2.26. The van der Waals surface area contributed by atoms with Gasteiger partial charge in [-0.3, -0.25) is 9.55 Å². The molecule has 0 N–H and O–H groups in total. The van der Waals surface area contributed by atoms with Crippen molar-refractivity contribution in [2.75, 3.05) is 0 Å². The molecule has 1 atom stereocenters. The first kappa shape index (κ1) is 18.2. The molecular formula is C20H18BrN3O2. The van der Waals surface area contributed by atoms with Gasteiger partial charge in [0.1, 0.15) is 5.60 Å². The zero-order valence-corrected chi connectivity index (χ0v) is 16.3. The van der Waals surface area contributed by atoms with E-state index in [1.165, 1.54) is 4.57 Å². The van der Waals surface area contributed by atoms with Crippen molar-refractivity contribution in [2.45, 2.75) is 32.3 Å². The Morgan fingerprint density at radius 2 is 2.04 bits per heavy atom. The minimum Gasteiger partial charge on any atom is -0.443 e.